The number of carbonyl (C=O) groups is 1. The van der Waals surface area contributed by atoms with E-state index >= 15 is 0 Å². The average molecular weight is 290 g/mol. The summed E-state index contributed by atoms with van der Waals surface area (Å²) in [6.07, 6.45) is -4.37. The average Bonchev–Trinajstić information content (AvgIpc) is 2.23. The highest BCUT2D eigenvalue weighted by atomic mass is 32.2. The van der Waals surface area contributed by atoms with E-state index in [9.17, 15) is 18.0 Å². The SMILES string of the molecule is Cc1cc(C(F)(F)F)ccc1C(=O)CSC(C)(C)C. The number of Topliss-reactive ketones (excluding diaryl/α,β-unsaturated/α-hetero) is 1. The first-order valence-electron chi connectivity index (χ1n) is 5.86. The normalized spacial score (nSPS) is 12.6. The van der Waals surface area contributed by atoms with Crippen molar-refractivity contribution in [1.29, 1.82) is 0 Å². The fraction of sp³-hybridized carbons (Fsp3) is 0.500. The maximum absolute atomic E-state index is 12.5. The number of carbonyl (C=O) groups excluding carboxylic acids is 1. The summed E-state index contributed by atoms with van der Waals surface area (Å²) in [6.45, 7) is 7.50. The zero-order valence-corrected chi connectivity index (χ0v) is 12.2. The Morgan fingerprint density at radius 2 is 1.79 bits per heavy atom. The van der Waals surface area contributed by atoms with Crippen LogP contribution in [0, 0.1) is 6.92 Å². The first-order chi connectivity index (χ1) is 8.50. The maximum Gasteiger partial charge on any atom is 0.416 e. The van der Waals surface area contributed by atoms with Gasteiger partial charge in [-0.25, -0.2) is 0 Å². The Bertz CT molecular complexity index is 473. The molecule has 0 bridgehead atoms. The molecule has 19 heavy (non-hydrogen) atoms. The third-order valence-corrected chi connectivity index (χ3v) is 3.76. The lowest BCUT2D eigenvalue weighted by atomic mass is 10.0. The minimum absolute atomic E-state index is 0.0462. The summed E-state index contributed by atoms with van der Waals surface area (Å²) in [6, 6.07) is 3.25. The van der Waals surface area contributed by atoms with Gasteiger partial charge < -0.3 is 0 Å². The monoisotopic (exact) mass is 290 g/mol. The first-order valence-corrected chi connectivity index (χ1v) is 6.84. The predicted molar refractivity (Wildman–Crippen MR) is 72.7 cm³/mol. The van der Waals surface area contributed by atoms with Gasteiger partial charge in [0.25, 0.3) is 0 Å². The molecule has 0 spiro atoms. The molecule has 1 nitrogen and oxygen atoms in total. The van der Waals surface area contributed by atoms with E-state index < -0.39 is 11.7 Å². The summed E-state index contributed by atoms with van der Waals surface area (Å²) < 4.78 is 37.5. The fourth-order valence-corrected chi connectivity index (χ4v) is 2.23. The van der Waals surface area contributed by atoms with Crippen molar-refractivity contribution in [2.24, 2.45) is 0 Å². The smallest absolute Gasteiger partial charge is 0.293 e. The van der Waals surface area contributed by atoms with Crippen molar-refractivity contribution >= 4 is 17.5 Å². The van der Waals surface area contributed by atoms with Gasteiger partial charge in [-0.3, -0.25) is 4.79 Å². The van der Waals surface area contributed by atoms with Crippen LogP contribution in [-0.2, 0) is 6.18 Å². The third-order valence-electron chi connectivity index (χ3n) is 2.49. The van der Waals surface area contributed by atoms with E-state index in [1.54, 1.807) is 0 Å². The summed E-state index contributed by atoms with van der Waals surface area (Å²) in [4.78, 5) is 12.0. The van der Waals surface area contributed by atoms with Gasteiger partial charge in [-0.15, -0.1) is 11.8 Å². The van der Waals surface area contributed by atoms with E-state index in [1.807, 2.05) is 20.8 Å². The molecule has 1 rings (SSSR count). The van der Waals surface area contributed by atoms with Crippen LogP contribution in [0.2, 0.25) is 0 Å². The number of alkyl halides is 3. The van der Waals surface area contributed by atoms with Gasteiger partial charge in [0.1, 0.15) is 0 Å². The number of hydrogen-bond donors (Lipinski definition) is 0. The molecule has 0 N–H and O–H groups in total. The number of thioether (sulfide) groups is 1. The molecule has 106 valence electrons. The number of hydrogen-bond acceptors (Lipinski definition) is 2. The largest absolute Gasteiger partial charge is 0.416 e. The topological polar surface area (TPSA) is 17.1 Å². The van der Waals surface area contributed by atoms with Crippen molar-refractivity contribution in [3.63, 3.8) is 0 Å². The van der Waals surface area contributed by atoms with Gasteiger partial charge in [-0.05, 0) is 24.6 Å². The second-order valence-corrected chi connectivity index (χ2v) is 7.15. The van der Waals surface area contributed by atoms with Gasteiger partial charge in [-0.1, -0.05) is 26.8 Å². The molecule has 0 saturated heterocycles. The van der Waals surface area contributed by atoms with Crippen LogP contribution in [-0.4, -0.2) is 16.3 Å². The molecule has 0 amide bonds. The number of ketones is 1. The van der Waals surface area contributed by atoms with Crippen LogP contribution in [0.4, 0.5) is 13.2 Å². The predicted octanol–water partition coefficient (Wildman–Crippen LogP) is 4.73. The van der Waals surface area contributed by atoms with Crippen molar-refractivity contribution in [2.45, 2.75) is 38.6 Å². The molecule has 0 radical (unpaired) electrons. The molecular weight excluding hydrogens is 273 g/mol. The van der Waals surface area contributed by atoms with E-state index in [1.165, 1.54) is 24.8 Å². The Kier molecular flexibility index (Phi) is 4.72. The molecule has 0 fully saturated rings. The van der Waals surface area contributed by atoms with Crippen LogP contribution in [0.5, 0.6) is 0 Å². The first kappa shape index (κ1) is 16.1. The van der Waals surface area contributed by atoms with Crippen molar-refractivity contribution in [3.05, 3.63) is 34.9 Å². The molecule has 1 aromatic rings. The van der Waals surface area contributed by atoms with Crippen LogP contribution >= 0.6 is 11.8 Å². The van der Waals surface area contributed by atoms with E-state index in [-0.39, 0.29) is 16.3 Å². The molecule has 0 unspecified atom stereocenters. The molecule has 0 saturated carbocycles. The Morgan fingerprint density at radius 3 is 2.21 bits per heavy atom. The van der Waals surface area contributed by atoms with Gasteiger partial charge >= 0.3 is 6.18 Å². The zero-order chi connectivity index (χ0) is 14.8. The Hall–Kier alpha value is -0.970. The highest BCUT2D eigenvalue weighted by molar-refractivity contribution is 8.01. The van der Waals surface area contributed by atoms with Gasteiger partial charge in [0, 0.05) is 10.3 Å². The fourth-order valence-electron chi connectivity index (χ4n) is 1.51. The molecule has 5 heteroatoms. The maximum atomic E-state index is 12.5. The van der Waals surface area contributed by atoms with Crippen LogP contribution in [0.3, 0.4) is 0 Å². The van der Waals surface area contributed by atoms with Gasteiger partial charge in [0.2, 0.25) is 0 Å². The van der Waals surface area contributed by atoms with Crippen molar-refractivity contribution in [3.8, 4) is 0 Å². The summed E-state index contributed by atoms with van der Waals surface area (Å²) in [5, 5.41) is 0. The molecular formula is C14H17F3OS. The summed E-state index contributed by atoms with van der Waals surface area (Å²) in [7, 11) is 0. The molecule has 0 aliphatic carbocycles. The number of benzene rings is 1. The minimum Gasteiger partial charge on any atom is -0.293 e. The second-order valence-electron chi connectivity index (χ2n) is 5.35. The van der Waals surface area contributed by atoms with Crippen molar-refractivity contribution in [2.75, 3.05) is 5.75 Å². The van der Waals surface area contributed by atoms with Gasteiger partial charge in [-0.2, -0.15) is 13.2 Å². The van der Waals surface area contributed by atoms with Crippen LogP contribution in [0.15, 0.2) is 18.2 Å². The Labute approximate surface area is 115 Å². The Morgan fingerprint density at radius 1 is 1.21 bits per heavy atom. The van der Waals surface area contributed by atoms with Gasteiger partial charge in [0.05, 0.1) is 11.3 Å². The number of rotatable bonds is 3. The summed E-state index contributed by atoms with van der Waals surface area (Å²) in [5.74, 6) is 0.140. The molecule has 0 aliphatic heterocycles. The standard InChI is InChI=1S/C14H17F3OS/c1-9-7-10(14(15,16)17)5-6-11(9)12(18)8-19-13(2,3)4/h5-7H,8H2,1-4H3. The number of aryl methyl sites for hydroxylation is 1. The van der Waals surface area contributed by atoms with E-state index in [0.29, 0.717) is 11.1 Å². The lowest BCUT2D eigenvalue weighted by molar-refractivity contribution is -0.137. The highest BCUT2D eigenvalue weighted by Gasteiger charge is 2.31. The highest BCUT2D eigenvalue weighted by Crippen LogP contribution is 2.31. The minimum atomic E-state index is -4.37. The summed E-state index contributed by atoms with van der Waals surface area (Å²) >= 11 is 1.48. The van der Waals surface area contributed by atoms with Gasteiger partial charge in [0.15, 0.2) is 5.78 Å². The van der Waals surface area contributed by atoms with E-state index in [0.717, 1.165) is 12.1 Å². The second kappa shape index (κ2) is 5.57. The van der Waals surface area contributed by atoms with Crippen LogP contribution < -0.4 is 0 Å². The quantitative estimate of drug-likeness (QED) is 0.749. The third kappa shape index (κ3) is 4.90. The molecule has 0 heterocycles. The number of halogens is 3. The van der Waals surface area contributed by atoms with Crippen molar-refractivity contribution < 1.29 is 18.0 Å². The Balaban J connectivity index is 2.88. The molecule has 0 aliphatic rings. The summed E-state index contributed by atoms with van der Waals surface area (Å²) in [5.41, 5.74) is 0.0177. The van der Waals surface area contributed by atoms with E-state index in [4.69, 9.17) is 0 Å². The lowest BCUT2D eigenvalue weighted by Gasteiger charge is -2.17. The van der Waals surface area contributed by atoms with Crippen LogP contribution in [0.25, 0.3) is 0 Å². The zero-order valence-electron chi connectivity index (χ0n) is 11.4. The molecule has 1 aromatic carbocycles. The lowest BCUT2D eigenvalue weighted by Crippen LogP contribution is -2.14. The molecule has 0 aromatic heterocycles. The van der Waals surface area contributed by atoms with Crippen molar-refractivity contribution in [1.82, 2.24) is 0 Å². The van der Waals surface area contributed by atoms with E-state index in [2.05, 4.69) is 0 Å². The molecule has 0 atom stereocenters. The van der Waals surface area contributed by atoms with Crippen LogP contribution in [0.1, 0.15) is 42.3 Å².